The van der Waals surface area contributed by atoms with Crippen molar-refractivity contribution in [1.82, 2.24) is 9.88 Å². The second-order valence-electron chi connectivity index (χ2n) is 7.34. The quantitative estimate of drug-likeness (QED) is 0.631. The Hall–Kier alpha value is -2.82. The summed E-state index contributed by atoms with van der Waals surface area (Å²) in [6, 6.07) is 6.80. The lowest BCUT2D eigenvalue weighted by Crippen LogP contribution is -2.42. The molecule has 32 heavy (non-hydrogen) atoms. The van der Waals surface area contributed by atoms with Crippen LogP contribution in [-0.2, 0) is 11.2 Å². The van der Waals surface area contributed by atoms with Crippen molar-refractivity contribution in [2.75, 3.05) is 13.1 Å². The first-order valence-electron chi connectivity index (χ1n) is 9.78. The number of likely N-dealkylation sites (tertiary alicyclic amines) is 1. The number of aryl methyl sites for hydroxylation is 1. The number of carbonyl (C=O) groups excluding carboxylic acids is 2. The van der Waals surface area contributed by atoms with Crippen LogP contribution < -0.4 is 15.2 Å². The predicted molar refractivity (Wildman–Crippen MR) is 112 cm³/mol. The molecule has 0 unspecified atom stereocenters. The van der Waals surface area contributed by atoms with Crippen LogP contribution in [0.1, 0.15) is 34.5 Å². The molecule has 1 aliphatic rings. The van der Waals surface area contributed by atoms with Crippen molar-refractivity contribution in [3.63, 3.8) is 0 Å². The molecule has 2 N–H and O–H groups in total. The van der Waals surface area contributed by atoms with E-state index in [0.717, 1.165) is 0 Å². The molecule has 1 fully saturated rings. The van der Waals surface area contributed by atoms with Gasteiger partial charge < -0.3 is 20.1 Å². The van der Waals surface area contributed by atoms with Crippen LogP contribution in [0.4, 0.5) is 13.2 Å². The number of carbonyl (C=O) groups is 2. The van der Waals surface area contributed by atoms with Gasteiger partial charge in [0.15, 0.2) is 0 Å². The summed E-state index contributed by atoms with van der Waals surface area (Å²) in [4.78, 5) is 30.2. The molecule has 7 nitrogen and oxygen atoms in total. The Morgan fingerprint density at radius 1 is 1.22 bits per heavy atom. The molecule has 3 rings (SSSR count). The second kappa shape index (κ2) is 9.76. The fraction of sp³-hybridized carbons (Fsp3) is 0.381. The van der Waals surface area contributed by atoms with Crippen molar-refractivity contribution >= 4 is 27.7 Å². The number of benzene rings is 1. The lowest BCUT2D eigenvalue weighted by Gasteiger charge is -2.32. The molecule has 0 atom stereocenters. The maximum Gasteiger partial charge on any atom is 0.573 e. The molecular weight excluding hydrogens is 495 g/mol. The van der Waals surface area contributed by atoms with Gasteiger partial charge in [-0.3, -0.25) is 9.59 Å². The average molecular weight is 516 g/mol. The summed E-state index contributed by atoms with van der Waals surface area (Å²) in [6.07, 6.45) is -3.84. The van der Waals surface area contributed by atoms with Crippen LogP contribution in [0.2, 0.25) is 0 Å². The van der Waals surface area contributed by atoms with Crippen molar-refractivity contribution in [3.05, 3.63) is 51.6 Å². The summed E-state index contributed by atoms with van der Waals surface area (Å²) in [5.41, 5.74) is 6.84. The number of amides is 2. The van der Waals surface area contributed by atoms with Gasteiger partial charge in [0.2, 0.25) is 11.8 Å². The first-order chi connectivity index (χ1) is 15.0. The van der Waals surface area contributed by atoms with Gasteiger partial charge in [0, 0.05) is 30.4 Å². The molecule has 1 aromatic carbocycles. The minimum absolute atomic E-state index is 0.0666. The molecule has 1 aliphatic heterocycles. The summed E-state index contributed by atoms with van der Waals surface area (Å²) >= 11 is 3.31. The maximum atomic E-state index is 12.6. The van der Waals surface area contributed by atoms with Crippen molar-refractivity contribution in [2.24, 2.45) is 5.73 Å². The summed E-state index contributed by atoms with van der Waals surface area (Å²) in [5, 5.41) is 0. The second-order valence-corrected chi connectivity index (χ2v) is 8.19. The summed E-state index contributed by atoms with van der Waals surface area (Å²) < 4.78 is 47.1. The highest BCUT2D eigenvalue weighted by atomic mass is 79.9. The third kappa shape index (κ3) is 6.35. The highest BCUT2D eigenvalue weighted by Gasteiger charge is 2.31. The smallest absolute Gasteiger partial charge is 0.474 e. The predicted octanol–water partition coefficient (Wildman–Crippen LogP) is 3.76. The minimum atomic E-state index is -4.76. The zero-order chi connectivity index (χ0) is 23.5. The molecule has 0 aliphatic carbocycles. The van der Waals surface area contributed by atoms with Gasteiger partial charge in [0.25, 0.3) is 5.91 Å². The molecule has 1 saturated heterocycles. The van der Waals surface area contributed by atoms with Crippen LogP contribution in [-0.4, -0.2) is 47.3 Å². The molecule has 11 heteroatoms. The van der Waals surface area contributed by atoms with Gasteiger partial charge in [-0.15, -0.1) is 13.2 Å². The Labute approximate surface area is 190 Å². The fourth-order valence-electron chi connectivity index (χ4n) is 3.30. The van der Waals surface area contributed by atoms with Crippen LogP contribution in [0.5, 0.6) is 11.6 Å². The van der Waals surface area contributed by atoms with Gasteiger partial charge in [0.1, 0.15) is 17.4 Å². The van der Waals surface area contributed by atoms with E-state index in [0.29, 0.717) is 41.7 Å². The van der Waals surface area contributed by atoms with E-state index >= 15 is 0 Å². The monoisotopic (exact) mass is 515 g/mol. The molecule has 2 aromatic rings. The number of nitrogens with two attached hydrogens (primary N) is 1. The lowest BCUT2D eigenvalue weighted by molar-refractivity contribution is -0.274. The first kappa shape index (κ1) is 23.8. The van der Waals surface area contributed by atoms with Crippen LogP contribution in [0.15, 0.2) is 34.8 Å². The largest absolute Gasteiger partial charge is 0.573 e. The number of aromatic nitrogens is 1. The average Bonchev–Trinajstić information content (AvgIpc) is 2.71. The number of ether oxygens (including phenoxy) is 2. The van der Waals surface area contributed by atoms with Crippen molar-refractivity contribution < 1.29 is 32.2 Å². The number of piperidine rings is 1. The molecule has 2 heterocycles. The van der Waals surface area contributed by atoms with Gasteiger partial charge in [-0.2, -0.15) is 0 Å². The molecule has 0 bridgehead atoms. The molecular formula is C21H21BrF3N3O4. The molecule has 0 saturated carbocycles. The normalized spacial score (nSPS) is 14.8. The van der Waals surface area contributed by atoms with Crippen LogP contribution >= 0.6 is 15.9 Å². The Bertz CT molecular complexity index is 991. The number of nitrogens with zero attached hydrogens (tertiary/aromatic N) is 2. The first-order valence-corrected chi connectivity index (χ1v) is 10.6. The van der Waals surface area contributed by atoms with Crippen LogP contribution in [0.25, 0.3) is 0 Å². The molecule has 1 aromatic heterocycles. The lowest BCUT2D eigenvalue weighted by atomic mass is 10.1. The minimum Gasteiger partial charge on any atom is -0.474 e. The zero-order valence-corrected chi connectivity index (χ0v) is 18.7. The van der Waals surface area contributed by atoms with E-state index in [1.165, 1.54) is 24.3 Å². The number of hydrogen-bond acceptors (Lipinski definition) is 5. The van der Waals surface area contributed by atoms with E-state index in [1.807, 2.05) is 0 Å². The SMILES string of the molecule is Cc1nc(OC2CCN(C(=O)Cc3ccc(OC(F)(F)F)cc3)CC2)c(C(N)=O)cc1Br. The fourth-order valence-corrected chi connectivity index (χ4v) is 3.62. The van der Waals surface area contributed by atoms with E-state index in [4.69, 9.17) is 10.5 Å². The Kier molecular flexibility index (Phi) is 7.27. The van der Waals surface area contributed by atoms with Gasteiger partial charge >= 0.3 is 6.36 Å². The molecule has 0 radical (unpaired) electrons. The number of rotatable bonds is 6. The number of primary amides is 1. The highest BCUT2D eigenvalue weighted by molar-refractivity contribution is 9.10. The maximum absolute atomic E-state index is 12.6. The van der Waals surface area contributed by atoms with Gasteiger partial charge in [-0.25, -0.2) is 4.98 Å². The van der Waals surface area contributed by atoms with Crippen molar-refractivity contribution in [1.29, 1.82) is 0 Å². The van der Waals surface area contributed by atoms with E-state index in [-0.39, 0.29) is 35.6 Å². The van der Waals surface area contributed by atoms with Crippen molar-refractivity contribution in [3.8, 4) is 11.6 Å². The summed E-state index contributed by atoms with van der Waals surface area (Å²) in [5.74, 6) is -0.946. The Balaban J connectivity index is 1.54. The van der Waals surface area contributed by atoms with E-state index in [2.05, 4.69) is 25.7 Å². The van der Waals surface area contributed by atoms with E-state index < -0.39 is 12.3 Å². The molecule has 172 valence electrons. The number of pyridine rings is 1. The molecule has 2 amide bonds. The molecule has 0 spiro atoms. The third-order valence-electron chi connectivity index (χ3n) is 4.97. The van der Waals surface area contributed by atoms with Crippen LogP contribution in [0, 0.1) is 6.92 Å². The van der Waals surface area contributed by atoms with E-state index in [9.17, 15) is 22.8 Å². The third-order valence-corrected chi connectivity index (χ3v) is 5.77. The Morgan fingerprint density at radius 3 is 2.41 bits per heavy atom. The van der Waals surface area contributed by atoms with E-state index in [1.54, 1.807) is 17.9 Å². The summed E-state index contributed by atoms with van der Waals surface area (Å²) in [6.45, 7) is 2.66. The highest BCUT2D eigenvalue weighted by Crippen LogP contribution is 2.27. The zero-order valence-electron chi connectivity index (χ0n) is 17.1. The van der Waals surface area contributed by atoms with Crippen LogP contribution in [0.3, 0.4) is 0 Å². The topological polar surface area (TPSA) is 94.8 Å². The number of halogens is 4. The number of hydrogen-bond donors (Lipinski definition) is 1. The standard InChI is InChI=1S/C21H21BrF3N3O4/c1-12-17(22)11-16(19(26)30)20(27-12)31-14-6-8-28(9-7-14)18(29)10-13-2-4-15(5-3-13)32-21(23,24)25/h2-5,11,14H,6-10H2,1H3,(H2,26,30). The van der Waals surface area contributed by atoms with Gasteiger partial charge in [-0.05, 0) is 46.6 Å². The van der Waals surface area contributed by atoms with Gasteiger partial charge in [-0.1, -0.05) is 12.1 Å². The summed E-state index contributed by atoms with van der Waals surface area (Å²) in [7, 11) is 0. The van der Waals surface area contributed by atoms with Crippen molar-refractivity contribution in [2.45, 2.75) is 38.7 Å². The number of alkyl halides is 3. The van der Waals surface area contributed by atoms with Gasteiger partial charge in [0.05, 0.1) is 12.1 Å². The Morgan fingerprint density at radius 2 is 1.84 bits per heavy atom.